The second kappa shape index (κ2) is 17.3. The molecule has 1 aromatic carbocycles. The zero-order valence-electron chi connectivity index (χ0n) is 35.2. The zero-order valence-corrected chi connectivity index (χ0v) is 36.0. The van der Waals surface area contributed by atoms with Crippen LogP contribution < -0.4 is 15.6 Å². The predicted octanol–water partition coefficient (Wildman–Crippen LogP) is 5.13. The lowest BCUT2D eigenvalue weighted by Crippen LogP contribution is -2.61. The molecule has 59 heavy (non-hydrogen) atoms. The van der Waals surface area contributed by atoms with Crippen LogP contribution >= 0.6 is 11.3 Å². The molecule has 4 aliphatic heterocycles. The van der Waals surface area contributed by atoms with E-state index in [2.05, 4.69) is 77.2 Å². The van der Waals surface area contributed by atoms with Gasteiger partial charge in [0.05, 0.1) is 46.7 Å². The minimum atomic E-state index is -0.903. The monoisotopic (exact) mass is 826 g/mol. The minimum absolute atomic E-state index is 0.173. The molecule has 2 N–H and O–H groups in total. The molecule has 3 fully saturated rings. The SMILES string of the molecule is CCn1c(-c2cc(N3CCN(C)CC3)cnc2[C@H](C)OC)c2c3cc(ccc31)-c1csc(n1)C[C@H](NC(=O)[C@H]1CCCO1)C(=O)N1CCC[C@H](N1)C(=O)OCC(C)(C)C2. The highest BCUT2D eigenvalue weighted by Crippen LogP contribution is 2.43. The summed E-state index contributed by atoms with van der Waals surface area (Å²) in [6.45, 7) is 14.1. The van der Waals surface area contributed by atoms with Gasteiger partial charge in [0.25, 0.3) is 5.91 Å². The maximum atomic E-state index is 14.2. The number of amides is 2. The first kappa shape index (κ1) is 41.3. The number of hydrazine groups is 1. The Morgan fingerprint density at radius 3 is 2.68 bits per heavy atom. The third kappa shape index (κ3) is 8.63. The Hall–Kier alpha value is -4.41. The standard InChI is InChI=1S/C44H58N8O6S/c1-7-51-36-13-12-28-20-30(36)32(40(51)31-21-29(24-45-39(31)27(2)56-6)50-17-15-49(5)16-18-50)23-44(3,4)26-58-43(55)33-10-8-14-52(48-33)42(54)34(22-38-46-35(28)25-59-38)47-41(53)37-11-9-19-57-37/h12-13,20-21,24-25,27,33-34,37,48H,7-11,14-19,22-23,26H2,1-6H3,(H,47,53)/t27-,33-,34-,37+/m0/s1. The number of ether oxygens (including phenoxy) is 3. The van der Waals surface area contributed by atoms with Crippen molar-refractivity contribution in [3.8, 4) is 22.5 Å². The van der Waals surface area contributed by atoms with Crippen molar-refractivity contribution < 1.29 is 28.6 Å². The van der Waals surface area contributed by atoms with Gasteiger partial charge in [0.2, 0.25) is 5.91 Å². The van der Waals surface area contributed by atoms with Crippen LogP contribution in [0.15, 0.2) is 35.8 Å². The number of nitrogens with zero attached hydrogens (tertiary/aromatic N) is 6. The number of aromatic nitrogens is 3. The van der Waals surface area contributed by atoms with Crippen molar-refractivity contribution in [2.45, 2.75) is 97.1 Å². The summed E-state index contributed by atoms with van der Waals surface area (Å²) >= 11 is 1.47. The number of methoxy groups -OCH3 is 1. The highest BCUT2D eigenvalue weighted by molar-refractivity contribution is 7.10. The van der Waals surface area contributed by atoms with E-state index in [4.69, 9.17) is 24.2 Å². The van der Waals surface area contributed by atoms with Gasteiger partial charge in [0, 0.05) is 92.2 Å². The van der Waals surface area contributed by atoms with E-state index in [0.717, 1.165) is 94.5 Å². The fourth-order valence-electron chi connectivity index (χ4n) is 8.89. The van der Waals surface area contributed by atoms with E-state index >= 15 is 0 Å². The number of benzene rings is 1. The summed E-state index contributed by atoms with van der Waals surface area (Å²) in [7, 11) is 3.89. The quantitative estimate of drug-likeness (QED) is 0.240. The Labute approximate surface area is 350 Å². The molecule has 8 rings (SSSR count). The molecule has 4 aliphatic rings. The first-order valence-corrected chi connectivity index (χ1v) is 22.0. The molecule has 0 spiro atoms. The molecule has 0 unspecified atom stereocenters. The number of fused-ring (bicyclic) bond motifs is 6. The Bertz CT molecular complexity index is 2190. The number of rotatable bonds is 7. The zero-order chi connectivity index (χ0) is 41.4. The molecule has 2 amide bonds. The van der Waals surface area contributed by atoms with E-state index < -0.39 is 29.6 Å². The highest BCUT2D eigenvalue weighted by Gasteiger charge is 2.37. The number of carbonyl (C=O) groups excluding carboxylic acids is 3. The first-order chi connectivity index (χ1) is 28.4. The fraction of sp³-hybridized carbons (Fsp3) is 0.568. The Morgan fingerprint density at radius 1 is 1.12 bits per heavy atom. The predicted molar refractivity (Wildman–Crippen MR) is 228 cm³/mol. The van der Waals surface area contributed by atoms with Gasteiger partial charge in [-0.15, -0.1) is 11.3 Å². The van der Waals surface area contributed by atoms with Gasteiger partial charge in [-0.3, -0.25) is 24.4 Å². The largest absolute Gasteiger partial charge is 0.464 e. The summed E-state index contributed by atoms with van der Waals surface area (Å²) in [5.74, 6) is -1.03. The van der Waals surface area contributed by atoms with Crippen molar-refractivity contribution in [2.24, 2.45) is 5.41 Å². The molecule has 316 valence electrons. The van der Waals surface area contributed by atoms with Crippen molar-refractivity contribution in [3.05, 3.63) is 52.1 Å². The molecule has 7 heterocycles. The van der Waals surface area contributed by atoms with Gasteiger partial charge in [-0.05, 0) is 76.8 Å². The van der Waals surface area contributed by atoms with Gasteiger partial charge < -0.3 is 33.9 Å². The Kier molecular flexibility index (Phi) is 12.1. The molecule has 4 aromatic rings. The van der Waals surface area contributed by atoms with E-state index in [9.17, 15) is 14.4 Å². The van der Waals surface area contributed by atoms with E-state index in [-0.39, 0.29) is 30.9 Å². The number of nitrogens with one attached hydrogen (secondary N) is 2. The van der Waals surface area contributed by atoms with E-state index in [1.807, 2.05) is 18.5 Å². The van der Waals surface area contributed by atoms with Crippen LogP contribution in [-0.2, 0) is 48.0 Å². The smallest absolute Gasteiger partial charge is 0.324 e. The second-order valence-electron chi connectivity index (χ2n) is 17.3. The van der Waals surface area contributed by atoms with Crippen LogP contribution in [0.3, 0.4) is 0 Å². The summed E-state index contributed by atoms with van der Waals surface area (Å²) < 4.78 is 20.1. The third-order valence-corrected chi connectivity index (χ3v) is 13.2. The second-order valence-corrected chi connectivity index (χ2v) is 18.2. The Balaban J connectivity index is 1.26. The summed E-state index contributed by atoms with van der Waals surface area (Å²) in [5.41, 5.74) is 10.7. The molecule has 0 radical (unpaired) electrons. The number of carbonyl (C=O) groups is 3. The number of anilines is 1. The van der Waals surface area contributed by atoms with E-state index in [0.29, 0.717) is 38.8 Å². The van der Waals surface area contributed by atoms with E-state index in [1.165, 1.54) is 16.3 Å². The maximum absolute atomic E-state index is 14.2. The van der Waals surface area contributed by atoms with Crippen LogP contribution in [-0.4, -0.2) is 121 Å². The van der Waals surface area contributed by atoms with Crippen LogP contribution in [0.2, 0.25) is 0 Å². The third-order valence-electron chi connectivity index (χ3n) is 12.3. The molecule has 0 saturated carbocycles. The van der Waals surface area contributed by atoms with Crippen molar-refractivity contribution in [1.82, 2.24) is 35.2 Å². The molecule has 15 heteroatoms. The minimum Gasteiger partial charge on any atom is -0.464 e. The number of thiazole rings is 1. The Morgan fingerprint density at radius 2 is 1.93 bits per heavy atom. The summed E-state index contributed by atoms with van der Waals surface area (Å²) in [4.78, 5) is 56.3. The number of esters is 1. The molecule has 4 atom stereocenters. The number of hydrogen-bond donors (Lipinski definition) is 2. The summed E-state index contributed by atoms with van der Waals surface area (Å²) in [6.07, 6.45) is 4.49. The van der Waals surface area contributed by atoms with Gasteiger partial charge in [0.15, 0.2) is 0 Å². The van der Waals surface area contributed by atoms with Crippen LogP contribution in [0.25, 0.3) is 33.4 Å². The van der Waals surface area contributed by atoms with E-state index in [1.54, 1.807) is 7.11 Å². The maximum Gasteiger partial charge on any atom is 0.324 e. The molecule has 14 nitrogen and oxygen atoms in total. The molecular formula is C44H58N8O6S. The average molecular weight is 827 g/mol. The number of piperazine rings is 1. The first-order valence-electron chi connectivity index (χ1n) is 21.2. The van der Waals surface area contributed by atoms with Gasteiger partial charge >= 0.3 is 5.97 Å². The van der Waals surface area contributed by atoms with Gasteiger partial charge in [-0.25, -0.2) is 10.4 Å². The molecule has 6 bridgehead atoms. The number of likely N-dealkylation sites (N-methyl/N-ethyl adjacent to an activating group) is 1. The number of aryl methyl sites for hydroxylation is 1. The fourth-order valence-corrected chi connectivity index (χ4v) is 9.74. The number of pyridine rings is 1. The average Bonchev–Trinajstić information content (AvgIpc) is 4.02. The van der Waals surface area contributed by atoms with Crippen LogP contribution in [0.1, 0.15) is 75.7 Å². The van der Waals surface area contributed by atoms with Gasteiger partial charge in [0.1, 0.15) is 18.2 Å². The normalized spacial score (nSPS) is 23.6. The molecule has 3 saturated heterocycles. The van der Waals surface area contributed by atoms with Gasteiger partial charge in [-0.1, -0.05) is 19.9 Å². The summed E-state index contributed by atoms with van der Waals surface area (Å²) in [6, 6.07) is 7.20. The van der Waals surface area contributed by atoms with Crippen LogP contribution in [0.4, 0.5) is 5.69 Å². The molecule has 3 aromatic heterocycles. The lowest BCUT2D eigenvalue weighted by atomic mass is 9.84. The lowest BCUT2D eigenvalue weighted by Gasteiger charge is -2.35. The molecular weight excluding hydrogens is 769 g/mol. The highest BCUT2D eigenvalue weighted by atomic mass is 32.1. The van der Waals surface area contributed by atoms with Crippen molar-refractivity contribution in [2.75, 3.05) is 65.0 Å². The lowest BCUT2D eigenvalue weighted by molar-refractivity contribution is -0.155. The summed E-state index contributed by atoms with van der Waals surface area (Å²) in [5, 5.41) is 8.30. The van der Waals surface area contributed by atoms with Crippen molar-refractivity contribution >= 4 is 45.7 Å². The van der Waals surface area contributed by atoms with Crippen molar-refractivity contribution in [1.29, 1.82) is 0 Å². The van der Waals surface area contributed by atoms with Crippen LogP contribution in [0, 0.1) is 5.41 Å². The van der Waals surface area contributed by atoms with Crippen LogP contribution in [0.5, 0.6) is 0 Å². The van der Waals surface area contributed by atoms with Gasteiger partial charge in [-0.2, -0.15) is 0 Å². The van der Waals surface area contributed by atoms with Crippen molar-refractivity contribution in [3.63, 3.8) is 0 Å². The number of hydrogen-bond acceptors (Lipinski definition) is 12. The molecule has 0 aliphatic carbocycles. The number of cyclic esters (lactones) is 1. The topological polar surface area (TPSA) is 143 Å².